The molecule has 2 aromatic rings. The van der Waals surface area contributed by atoms with E-state index >= 15 is 0 Å². The van der Waals surface area contributed by atoms with Crippen molar-refractivity contribution in [3.63, 3.8) is 0 Å². The molecule has 2 aromatic carbocycles. The molecule has 1 amide bonds. The van der Waals surface area contributed by atoms with Gasteiger partial charge in [0.1, 0.15) is 0 Å². The molecule has 5 nitrogen and oxygen atoms in total. The summed E-state index contributed by atoms with van der Waals surface area (Å²) in [7, 11) is -3.17. The lowest BCUT2D eigenvalue weighted by Gasteiger charge is -2.16. The average molecular weight is 370 g/mol. The van der Waals surface area contributed by atoms with Crippen LogP contribution < -0.4 is 9.62 Å². The monoisotopic (exact) mass is 370 g/mol. The van der Waals surface area contributed by atoms with Crippen molar-refractivity contribution >= 4 is 33.4 Å². The molecule has 1 aliphatic heterocycles. The number of nitrogens with one attached hydrogen (secondary N) is 1. The van der Waals surface area contributed by atoms with Gasteiger partial charge in [-0.25, -0.2) is 8.42 Å². The first-order valence-electron chi connectivity index (χ1n) is 8.52. The van der Waals surface area contributed by atoms with Crippen LogP contribution in [0, 0.1) is 13.8 Å². The topological polar surface area (TPSA) is 66.5 Å². The van der Waals surface area contributed by atoms with Crippen molar-refractivity contribution in [2.45, 2.75) is 20.3 Å². The minimum Gasteiger partial charge on any atom is -0.322 e. The van der Waals surface area contributed by atoms with Gasteiger partial charge in [-0.2, -0.15) is 0 Å². The number of anilines is 2. The summed E-state index contributed by atoms with van der Waals surface area (Å²) in [6.45, 7) is 4.45. The van der Waals surface area contributed by atoms with Crippen LogP contribution in [-0.2, 0) is 14.8 Å². The lowest BCUT2D eigenvalue weighted by molar-refractivity contribution is -0.111. The van der Waals surface area contributed by atoms with Crippen molar-refractivity contribution in [1.82, 2.24) is 0 Å². The fraction of sp³-hybridized carbons (Fsp3) is 0.250. The van der Waals surface area contributed by atoms with E-state index in [1.54, 1.807) is 18.2 Å². The van der Waals surface area contributed by atoms with Crippen LogP contribution in [0.4, 0.5) is 11.4 Å². The van der Waals surface area contributed by atoms with Crippen molar-refractivity contribution in [1.29, 1.82) is 0 Å². The Labute approximate surface area is 154 Å². The number of hydrogen-bond donors (Lipinski definition) is 1. The first-order chi connectivity index (χ1) is 12.3. The maximum atomic E-state index is 12.1. The fourth-order valence-corrected chi connectivity index (χ4v) is 4.46. The third kappa shape index (κ3) is 4.14. The number of rotatable bonds is 4. The van der Waals surface area contributed by atoms with Crippen LogP contribution in [0.5, 0.6) is 0 Å². The predicted molar refractivity (Wildman–Crippen MR) is 106 cm³/mol. The Morgan fingerprint density at radius 3 is 2.50 bits per heavy atom. The maximum absolute atomic E-state index is 12.1. The molecule has 0 saturated carbocycles. The predicted octanol–water partition coefficient (Wildman–Crippen LogP) is 3.50. The van der Waals surface area contributed by atoms with E-state index in [0.717, 1.165) is 22.4 Å². The maximum Gasteiger partial charge on any atom is 0.248 e. The molecule has 1 heterocycles. The minimum atomic E-state index is -3.17. The fourth-order valence-electron chi connectivity index (χ4n) is 2.90. The van der Waals surface area contributed by atoms with Gasteiger partial charge in [0, 0.05) is 18.3 Å². The summed E-state index contributed by atoms with van der Waals surface area (Å²) in [6.07, 6.45) is 3.84. The van der Waals surface area contributed by atoms with Gasteiger partial charge in [-0.1, -0.05) is 24.3 Å². The van der Waals surface area contributed by atoms with E-state index in [4.69, 9.17) is 0 Å². The van der Waals surface area contributed by atoms with Crippen LogP contribution in [0.2, 0.25) is 0 Å². The van der Waals surface area contributed by atoms with E-state index in [0.29, 0.717) is 18.7 Å². The highest BCUT2D eigenvalue weighted by molar-refractivity contribution is 7.93. The van der Waals surface area contributed by atoms with Crippen LogP contribution in [0.25, 0.3) is 6.08 Å². The molecular weight excluding hydrogens is 348 g/mol. The Bertz CT molecular complexity index is 948. The molecular formula is C20H22N2O3S. The number of benzene rings is 2. The number of nitrogens with zero attached hydrogens (tertiary/aromatic N) is 1. The SMILES string of the molecule is Cc1ccc(C)c(NC(=O)/C=C/c2ccc(N3CCCS3(=O)=O)cc2)c1. The van der Waals surface area contributed by atoms with Gasteiger partial charge in [-0.3, -0.25) is 9.10 Å². The molecule has 1 N–H and O–H groups in total. The number of carbonyl (C=O) groups is 1. The van der Waals surface area contributed by atoms with Crippen molar-refractivity contribution in [2.75, 3.05) is 21.9 Å². The van der Waals surface area contributed by atoms with Gasteiger partial charge in [0.05, 0.1) is 11.4 Å². The van der Waals surface area contributed by atoms with Crippen LogP contribution in [0.15, 0.2) is 48.5 Å². The molecule has 0 radical (unpaired) electrons. The van der Waals surface area contributed by atoms with Gasteiger partial charge >= 0.3 is 0 Å². The highest BCUT2D eigenvalue weighted by Crippen LogP contribution is 2.24. The normalized spacial score (nSPS) is 16.2. The molecule has 6 heteroatoms. The molecule has 0 unspecified atom stereocenters. The van der Waals surface area contributed by atoms with Crippen molar-refractivity contribution in [3.8, 4) is 0 Å². The Balaban J connectivity index is 1.67. The molecule has 1 saturated heterocycles. The van der Waals surface area contributed by atoms with Crippen molar-refractivity contribution in [2.24, 2.45) is 0 Å². The van der Waals surface area contributed by atoms with Gasteiger partial charge in [0.25, 0.3) is 0 Å². The number of hydrogen-bond acceptors (Lipinski definition) is 3. The number of amides is 1. The first kappa shape index (κ1) is 18.2. The van der Waals surface area contributed by atoms with E-state index < -0.39 is 10.0 Å². The van der Waals surface area contributed by atoms with Crippen molar-refractivity contribution < 1.29 is 13.2 Å². The van der Waals surface area contributed by atoms with Crippen molar-refractivity contribution in [3.05, 3.63) is 65.2 Å². The average Bonchev–Trinajstić information content (AvgIpc) is 2.96. The summed E-state index contributed by atoms with van der Waals surface area (Å²) < 4.78 is 25.3. The Morgan fingerprint density at radius 2 is 1.85 bits per heavy atom. The summed E-state index contributed by atoms with van der Waals surface area (Å²) in [6, 6.07) is 13.1. The van der Waals surface area contributed by atoms with Gasteiger partial charge < -0.3 is 5.32 Å². The molecule has 1 aliphatic rings. The molecule has 1 fully saturated rings. The van der Waals surface area contributed by atoms with E-state index in [1.807, 2.05) is 44.2 Å². The zero-order valence-corrected chi connectivity index (χ0v) is 15.7. The van der Waals surface area contributed by atoms with Crippen LogP contribution >= 0.6 is 0 Å². The second-order valence-corrected chi connectivity index (χ2v) is 8.49. The number of carbonyl (C=O) groups excluding carboxylic acids is 1. The molecule has 3 rings (SSSR count). The van der Waals surface area contributed by atoms with Gasteiger partial charge in [-0.05, 0) is 61.2 Å². The first-order valence-corrected chi connectivity index (χ1v) is 10.1. The lowest BCUT2D eigenvalue weighted by atomic mass is 10.1. The summed E-state index contributed by atoms with van der Waals surface area (Å²) in [4.78, 5) is 12.1. The summed E-state index contributed by atoms with van der Waals surface area (Å²) in [5.74, 6) is -0.00221. The number of sulfonamides is 1. The van der Waals surface area contributed by atoms with Gasteiger partial charge in [0.15, 0.2) is 0 Å². The lowest BCUT2D eigenvalue weighted by Crippen LogP contribution is -2.24. The molecule has 0 bridgehead atoms. The third-order valence-corrected chi connectivity index (χ3v) is 6.23. The smallest absolute Gasteiger partial charge is 0.248 e. The molecule has 136 valence electrons. The van der Waals surface area contributed by atoms with E-state index in [-0.39, 0.29) is 11.7 Å². The molecule has 0 atom stereocenters. The van der Waals surface area contributed by atoms with E-state index in [1.165, 1.54) is 10.4 Å². The summed E-state index contributed by atoms with van der Waals surface area (Å²) >= 11 is 0. The molecule has 26 heavy (non-hydrogen) atoms. The summed E-state index contributed by atoms with van der Waals surface area (Å²) in [5, 5.41) is 2.87. The third-order valence-electron chi connectivity index (χ3n) is 4.36. The molecule has 0 aliphatic carbocycles. The largest absolute Gasteiger partial charge is 0.322 e. The molecule has 0 spiro atoms. The Morgan fingerprint density at radius 1 is 1.12 bits per heavy atom. The standard InChI is InChI=1S/C20H22N2O3S/c1-15-4-5-16(2)19(14-15)21-20(23)11-8-17-6-9-18(10-7-17)22-12-3-13-26(22,24)25/h4-11,14H,3,12-13H2,1-2H3,(H,21,23)/b11-8+. The zero-order chi connectivity index (χ0) is 18.7. The van der Waals surface area contributed by atoms with E-state index in [9.17, 15) is 13.2 Å². The zero-order valence-electron chi connectivity index (χ0n) is 14.9. The second kappa shape index (κ2) is 7.33. The number of aryl methyl sites for hydroxylation is 2. The molecule has 0 aromatic heterocycles. The van der Waals surface area contributed by atoms with Gasteiger partial charge in [0.2, 0.25) is 15.9 Å². The van der Waals surface area contributed by atoms with Crippen LogP contribution in [0.1, 0.15) is 23.1 Å². The highest BCUT2D eigenvalue weighted by Gasteiger charge is 2.28. The second-order valence-electron chi connectivity index (χ2n) is 6.47. The minimum absolute atomic E-state index is 0.202. The Kier molecular flexibility index (Phi) is 5.13. The van der Waals surface area contributed by atoms with Gasteiger partial charge in [-0.15, -0.1) is 0 Å². The van der Waals surface area contributed by atoms with E-state index in [2.05, 4.69) is 5.32 Å². The Hall–Kier alpha value is -2.60. The quantitative estimate of drug-likeness (QED) is 0.838. The summed E-state index contributed by atoms with van der Waals surface area (Å²) in [5.41, 5.74) is 4.39. The highest BCUT2D eigenvalue weighted by atomic mass is 32.2. The van der Waals surface area contributed by atoms with Crippen LogP contribution in [0.3, 0.4) is 0 Å². The van der Waals surface area contributed by atoms with Crippen LogP contribution in [-0.4, -0.2) is 26.6 Å².